The molecule has 0 bridgehead atoms. The Balaban J connectivity index is 1.29. The van der Waals surface area contributed by atoms with Crippen molar-refractivity contribution >= 4 is 11.6 Å². The maximum absolute atomic E-state index is 5.93. The van der Waals surface area contributed by atoms with Crippen LogP contribution >= 0.6 is 0 Å². The minimum atomic E-state index is 0.128. The van der Waals surface area contributed by atoms with Gasteiger partial charge in [-0.2, -0.15) is 0 Å². The number of aliphatic imine (C=N–C) groups is 1. The lowest BCUT2D eigenvalue weighted by atomic mass is 10.1. The van der Waals surface area contributed by atoms with Crippen molar-refractivity contribution in [2.24, 2.45) is 10.9 Å². The van der Waals surface area contributed by atoms with Crippen LogP contribution in [0.4, 0.5) is 5.69 Å². The van der Waals surface area contributed by atoms with Gasteiger partial charge in [-0.05, 0) is 43.4 Å². The molecule has 156 valence electrons. The first-order valence-electron chi connectivity index (χ1n) is 10.7. The van der Waals surface area contributed by atoms with Gasteiger partial charge in [0.2, 0.25) is 0 Å². The molecule has 3 rings (SSSR count). The molecule has 1 heterocycles. The van der Waals surface area contributed by atoms with E-state index in [-0.39, 0.29) is 6.10 Å². The Labute approximate surface area is 175 Å². The molecule has 2 N–H and O–H groups in total. The summed E-state index contributed by atoms with van der Waals surface area (Å²) in [6.45, 7) is 6.85. The molecule has 0 saturated carbocycles. The van der Waals surface area contributed by atoms with Gasteiger partial charge in [-0.15, -0.1) is 0 Å². The maximum Gasteiger partial charge on any atom is 0.190 e. The summed E-state index contributed by atoms with van der Waals surface area (Å²) in [5.41, 5.74) is 2.54. The van der Waals surface area contributed by atoms with E-state index < -0.39 is 0 Å². The van der Waals surface area contributed by atoms with Crippen LogP contribution in [0.2, 0.25) is 0 Å². The smallest absolute Gasteiger partial charge is 0.190 e. The SMILES string of the molecule is CN=C(NCCCOC(C)c1ccccc1)NCC1CCN(c2ccccc2)C1. The normalized spacial score (nSPS) is 17.9. The predicted octanol–water partition coefficient (Wildman–Crippen LogP) is 3.85. The molecule has 2 atom stereocenters. The lowest BCUT2D eigenvalue weighted by molar-refractivity contribution is 0.0646. The Kier molecular flexibility index (Phi) is 8.38. The van der Waals surface area contributed by atoms with E-state index >= 15 is 0 Å². The van der Waals surface area contributed by atoms with Crippen molar-refractivity contribution in [3.63, 3.8) is 0 Å². The second-order valence-corrected chi connectivity index (χ2v) is 7.59. The number of nitrogens with zero attached hydrogens (tertiary/aromatic N) is 2. The zero-order chi connectivity index (χ0) is 20.3. The molecule has 0 aliphatic carbocycles. The van der Waals surface area contributed by atoms with Crippen molar-refractivity contribution in [3.8, 4) is 0 Å². The molecule has 1 saturated heterocycles. The highest BCUT2D eigenvalue weighted by atomic mass is 16.5. The average Bonchev–Trinajstić information content (AvgIpc) is 3.26. The monoisotopic (exact) mass is 394 g/mol. The van der Waals surface area contributed by atoms with Gasteiger partial charge in [0.25, 0.3) is 0 Å². The number of benzene rings is 2. The first-order valence-corrected chi connectivity index (χ1v) is 10.7. The van der Waals surface area contributed by atoms with E-state index in [1.54, 1.807) is 0 Å². The van der Waals surface area contributed by atoms with Crippen molar-refractivity contribution in [2.45, 2.75) is 25.9 Å². The van der Waals surface area contributed by atoms with Crippen LogP contribution in [0.3, 0.4) is 0 Å². The minimum Gasteiger partial charge on any atom is -0.374 e. The third-order valence-corrected chi connectivity index (χ3v) is 5.44. The Morgan fingerprint density at radius 3 is 2.55 bits per heavy atom. The second kappa shape index (κ2) is 11.5. The van der Waals surface area contributed by atoms with Crippen molar-refractivity contribution in [2.75, 3.05) is 44.7 Å². The van der Waals surface area contributed by atoms with Crippen molar-refractivity contribution in [1.82, 2.24) is 10.6 Å². The van der Waals surface area contributed by atoms with Crippen molar-refractivity contribution < 1.29 is 4.74 Å². The third-order valence-electron chi connectivity index (χ3n) is 5.44. The van der Waals surface area contributed by atoms with Gasteiger partial charge in [0, 0.05) is 45.5 Å². The molecule has 0 aromatic heterocycles. The fourth-order valence-electron chi connectivity index (χ4n) is 3.69. The van der Waals surface area contributed by atoms with E-state index in [4.69, 9.17) is 4.74 Å². The lowest BCUT2D eigenvalue weighted by Crippen LogP contribution is -2.40. The molecule has 2 aromatic carbocycles. The zero-order valence-corrected chi connectivity index (χ0v) is 17.7. The van der Waals surface area contributed by atoms with Gasteiger partial charge in [-0.3, -0.25) is 4.99 Å². The molecule has 29 heavy (non-hydrogen) atoms. The Hall–Kier alpha value is -2.53. The largest absolute Gasteiger partial charge is 0.374 e. The second-order valence-electron chi connectivity index (χ2n) is 7.59. The number of para-hydroxylation sites is 1. The first kappa shape index (κ1) is 21.2. The Bertz CT molecular complexity index is 735. The highest BCUT2D eigenvalue weighted by Gasteiger charge is 2.22. The topological polar surface area (TPSA) is 48.9 Å². The molecule has 1 aliphatic rings. The van der Waals surface area contributed by atoms with Crippen LogP contribution in [-0.4, -0.2) is 45.8 Å². The van der Waals surface area contributed by atoms with Gasteiger partial charge in [0.15, 0.2) is 5.96 Å². The summed E-state index contributed by atoms with van der Waals surface area (Å²) in [5, 5.41) is 6.88. The van der Waals surface area contributed by atoms with Crippen LogP contribution in [0.1, 0.15) is 31.4 Å². The van der Waals surface area contributed by atoms with Gasteiger partial charge >= 0.3 is 0 Å². The Morgan fingerprint density at radius 2 is 1.83 bits per heavy atom. The quantitative estimate of drug-likeness (QED) is 0.385. The first-order chi connectivity index (χ1) is 14.3. The average molecular weight is 395 g/mol. The standard InChI is InChI=1S/C24H34N4O/c1-20(22-10-5-3-6-11-22)29-17-9-15-26-24(25-2)27-18-21-14-16-28(19-21)23-12-7-4-8-13-23/h3-8,10-13,20-21H,9,14-19H2,1-2H3,(H2,25,26,27). The van der Waals surface area contributed by atoms with Crippen LogP contribution in [-0.2, 0) is 4.74 Å². The molecular formula is C24H34N4O. The van der Waals surface area contributed by atoms with E-state index in [1.165, 1.54) is 17.7 Å². The predicted molar refractivity (Wildman–Crippen MR) is 122 cm³/mol. The lowest BCUT2D eigenvalue weighted by Gasteiger charge is -2.19. The van der Waals surface area contributed by atoms with E-state index in [0.717, 1.165) is 45.2 Å². The minimum absolute atomic E-state index is 0.128. The number of nitrogens with one attached hydrogen (secondary N) is 2. The number of guanidine groups is 1. The molecule has 1 aliphatic heterocycles. The molecule has 2 unspecified atom stereocenters. The molecule has 0 radical (unpaired) electrons. The van der Waals surface area contributed by atoms with Crippen LogP contribution in [0.15, 0.2) is 65.7 Å². The van der Waals surface area contributed by atoms with E-state index in [9.17, 15) is 0 Å². The van der Waals surface area contributed by atoms with E-state index in [1.807, 2.05) is 13.1 Å². The van der Waals surface area contributed by atoms with Crippen LogP contribution in [0.25, 0.3) is 0 Å². The molecule has 2 aromatic rings. The van der Waals surface area contributed by atoms with Gasteiger partial charge in [-0.25, -0.2) is 0 Å². The number of anilines is 1. The summed E-state index contributed by atoms with van der Waals surface area (Å²) in [4.78, 5) is 6.81. The zero-order valence-electron chi connectivity index (χ0n) is 17.7. The third kappa shape index (κ3) is 6.79. The molecule has 5 nitrogen and oxygen atoms in total. The molecule has 0 spiro atoms. The number of hydrogen-bond acceptors (Lipinski definition) is 3. The number of rotatable bonds is 9. The molecular weight excluding hydrogens is 360 g/mol. The van der Waals surface area contributed by atoms with E-state index in [0.29, 0.717) is 5.92 Å². The summed E-state index contributed by atoms with van der Waals surface area (Å²) in [5.74, 6) is 1.52. The van der Waals surface area contributed by atoms with Gasteiger partial charge in [-0.1, -0.05) is 48.5 Å². The summed E-state index contributed by atoms with van der Waals surface area (Å²) in [7, 11) is 1.83. The van der Waals surface area contributed by atoms with Gasteiger partial charge < -0.3 is 20.3 Å². The number of ether oxygens (including phenoxy) is 1. The summed E-state index contributed by atoms with van der Waals surface area (Å²) >= 11 is 0. The van der Waals surface area contributed by atoms with Crippen LogP contribution in [0.5, 0.6) is 0 Å². The summed E-state index contributed by atoms with van der Waals surface area (Å²) < 4.78 is 5.93. The fraction of sp³-hybridized carbons (Fsp3) is 0.458. The molecule has 1 fully saturated rings. The molecule has 0 amide bonds. The highest BCUT2D eigenvalue weighted by molar-refractivity contribution is 5.79. The van der Waals surface area contributed by atoms with Crippen molar-refractivity contribution in [3.05, 3.63) is 66.2 Å². The van der Waals surface area contributed by atoms with Crippen LogP contribution in [0, 0.1) is 5.92 Å². The molecule has 5 heteroatoms. The Morgan fingerprint density at radius 1 is 1.10 bits per heavy atom. The van der Waals surface area contributed by atoms with Crippen LogP contribution < -0.4 is 15.5 Å². The summed E-state index contributed by atoms with van der Waals surface area (Å²) in [6.07, 6.45) is 2.29. The fourth-order valence-corrected chi connectivity index (χ4v) is 3.69. The number of hydrogen-bond donors (Lipinski definition) is 2. The summed E-state index contributed by atoms with van der Waals surface area (Å²) in [6, 6.07) is 21.0. The van der Waals surface area contributed by atoms with Gasteiger partial charge in [0.1, 0.15) is 0 Å². The van der Waals surface area contributed by atoms with Crippen molar-refractivity contribution in [1.29, 1.82) is 0 Å². The van der Waals surface area contributed by atoms with Gasteiger partial charge in [0.05, 0.1) is 6.10 Å². The highest BCUT2D eigenvalue weighted by Crippen LogP contribution is 2.22. The maximum atomic E-state index is 5.93. The van der Waals surface area contributed by atoms with E-state index in [2.05, 4.69) is 82.0 Å².